The zero-order valence-electron chi connectivity index (χ0n) is 14.9. The van der Waals surface area contributed by atoms with Crippen LogP contribution in [0.4, 0.5) is 0 Å². The van der Waals surface area contributed by atoms with Crippen LogP contribution in [0.15, 0.2) is 12.2 Å². The van der Waals surface area contributed by atoms with Crippen LogP contribution in [0.25, 0.3) is 0 Å². The summed E-state index contributed by atoms with van der Waals surface area (Å²) in [6.07, 6.45) is 10.4. The molecule has 5 heteroatoms. The number of carbonyl (C=O) groups is 1. The van der Waals surface area contributed by atoms with Crippen LogP contribution in [-0.2, 0) is 9.53 Å². The fourth-order valence-electron chi connectivity index (χ4n) is 3.82. The van der Waals surface area contributed by atoms with Crippen molar-refractivity contribution in [2.75, 3.05) is 7.11 Å². The van der Waals surface area contributed by atoms with Crippen LogP contribution in [0.1, 0.15) is 57.8 Å². The number of hydrogen-bond donors (Lipinski definition) is 2. The Bertz CT molecular complexity index is 528. The number of methoxy groups -OCH3 is 1. The normalized spacial score (nSPS) is 31.0. The molecular weight excluding hydrogens is 340 g/mol. The summed E-state index contributed by atoms with van der Waals surface area (Å²) in [6, 6.07) is 0. The minimum atomic E-state index is -0.868. The molecule has 0 saturated heterocycles. The molecule has 0 aromatic carbocycles. The maximum Gasteiger partial charge on any atom is 0.330 e. The number of halogens is 1. The minimum absolute atomic E-state index is 0.0712. The van der Waals surface area contributed by atoms with Crippen molar-refractivity contribution in [3.63, 3.8) is 0 Å². The highest BCUT2D eigenvalue weighted by Crippen LogP contribution is 2.39. The fraction of sp³-hybridized carbons (Fsp3) is 0.750. The Kier molecular flexibility index (Phi) is 7.81. The van der Waals surface area contributed by atoms with Crippen LogP contribution < -0.4 is 0 Å². The third kappa shape index (κ3) is 6.02. The lowest BCUT2D eigenvalue weighted by Crippen LogP contribution is -2.24. The monoisotopic (exact) mass is 368 g/mol. The lowest BCUT2D eigenvalue weighted by molar-refractivity contribution is -0.134. The molecule has 0 aliphatic heterocycles. The quantitative estimate of drug-likeness (QED) is 0.248. The second-order valence-corrected chi connectivity index (χ2v) is 7.79. The lowest BCUT2D eigenvalue weighted by atomic mass is 9.89. The summed E-state index contributed by atoms with van der Waals surface area (Å²) >= 11 is 6.43. The lowest BCUT2D eigenvalue weighted by Gasteiger charge is -2.20. The molecule has 0 radical (unpaired) electrons. The second kappa shape index (κ2) is 9.62. The number of rotatable bonds is 6. The SMILES string of the molecule is COC(=O)/C=C/CCCC[C@@H]1[C@@H](C#CC2(O)CCCC2)[C@H](O)C[C@H]1Cl. The van der Waals surface area contributed by atoms with Crippen LogP contribution >= 0.6 is 11.6 Å². The highest BCUT2D eigenvalue weighted by atomic mass is 35.5. The molecule has 0 unspecified atom stereocenters. The van der Waals surface area contributed by atoms with Gasteiger partial charge in [0, 0.05) is 11.5 Å². The predicted octanol–water partition coefficient (Wildman–Crippen LogP) is 3.19. The minimum Gasteiger partial charge on any atom is -0.466 e. The van der Waals surface area contributed by atoms with Gasteiger partial charge in [-0.3, -0.25) is 0 Å². The number of carbonyl (C=O) groups excluding carboxylic acids is 1. The van der Waals surface area contributed by atoms with Gasteiger partial charge in [0.1, 0.15) is 5.60 Å². The molecule has 2 saturated carbocycles. The molecule has 2 aliphatic carbocycles. The Morgan fingerprint density at radius 2 is 2.08 bits per heavy atom. The Balaban J connectivity index is 1.84. The van der Waals surface area contributed by atoms with E-state index in [1.54, 1.807) is 0 Å². The van der Waals surface area contributed by atoms with Gasteiger partial charge in [-0.15, -0.1) is 11.6 Å². The summed E-state index contributed by atoms with van der Waals surface area (Å²) in [6.45, 7) is 0. The van der Waals surface area contributed by atoms with Crippen LogP contribution in [0, 0.1) is 23.7 Å². The number of aliphatic hydroxyl groups excluding tert-OH is 1. The predicted molar refractivity (Wildman–Crippen MR) is 98.1 cm³/mol. The van der Waals surface area contributed by atoms with Gasteiger partial charge in [0.2, 0.25) is 0 Å². The first-order chi connectivity index (χ1) is 11.9. The largest absolute Gasteiger partial charge is 0.466 e. The van der Waals surface area contributed by atoms with Crippen molar-refractivity contribution >= 4 is 17.6 Å². The third-order valence-corrected chi connectivity index (χ3v) is 5.82. The number of aliphatic hydroxyl groups is 2. The highest BCUT2D eigenvalue weighted by Gasteiger charge is 2.40. The molecule has 4 nitrogen and oxygen atoms in total. The standard InChI is InChI=1S/C20H29ClO4/c1-25-19(23)9-5-3-2-4-8-15-16(18(22)14-17(15)21)10-13-20(24)11-6-7-12-20/h5,9,15-18,22,24H,2-4,6-8,11-12,14H2,1H3/b9-5+/t15-,16-,17-,18-/m1/s1. The van der Waals surface area contributed by atoms with Crippen LogP contribution in [0.5, 0.6) is 0 Å². The molecule has 0 amide bonds. The molecular formula is C20H29ClO4. The summed E-state index contributed by atoms with van der Waals surface area (Å²) in [5, 5.41) is 20.6. The number of alkyl halides is 1. The molecule has 0 spiro atoms. The van der Waals surface area contributed by atoms with Crippen molar-refractivity contribution in [1.29, 1.82) is 0 Å². The molecule has 0 aromatic rings. The van der Waals surface area contributed by atoms with Gasteiger partial charge >= 0.3 is 5.97 Å². The molecule has 2 rings (SSSR count). The topological polar surface area (TPSA) is 66.8 Å². The number of ether oxygens (including phenoxy) is 1. The van der Waals surface area contributed by atoms with Crippen molar-refractivity contribution in [2.24, 2.45) is 11.8 Å². The molecule has 25 heavy (non-hydrogen) atoms. The van der Waals surface area contributed by atoms with Crippen molar-refractivity contribution in [2.45, 2.75) is 74.9 Å². The fourth-order valence-corrected chi connectivity index (χ4v) is 4.28. The summed E-state index contributed by atoms with van der Waals surface area (Å²) in [7, 11) is 1.36. The van der Waals surface area contributed by atoms with E-state index in [1.807, 2.05) is 6.08 Å². The van der Waals surface area contributed by atoms with Crippen molar-refractivity contribution < 1.29 is 19.7 Å². The zero-order chi connectivity index (χ0) is 18.3. The third-order valence-electron chi connectivity index (χ3n) is 5.32. The van der Waals surface area contributed by atoms with E-state index in [0.29, 0.717) is 6.42 Å². The molecule has 4 atom stereocenters. The summed E-state index contributed by atoms with van der Waals surface area (Å²) in [5.41, 5.74) is -0.868. The van der Waals surface area contributed by atoms with E-state index in [2.05, 4.69) is 16.6 Å². The maximum atomic E-state index is 11.0. The first kappa shape index (κ1) is 20.3. The van der Waals surface area contributed by atoms with E-state index in [0.717, 1.165) is 51.4 Å². The Hall–Kier alpha value is -1.02. The van der Waals surface area contributed by atoms with E-state index in [4.69, 9.17) is 11.6 Å². The number of allylic oxidation sites excluding steroid dienone is 1. The van der Waals surface area contributed by atoms with Gasteiger partial charge in [0.15, 0.2) is 0 Å². The van der Waals surface area contributed by atoms with Crippen molar-refractivity contribution in [1.82, 2.24) is 0 Å². The number of unbranched alkanes of at least 4 members (excludes halogenated alkanes) is 2. The molecule has 2 fully saturated rings. The Morgan fingerprint density at radius 1 is 1.36 bits per heavy atom. The van der Waals surface area contributed by atoms with E-state index in [-0.39, 0.29) is 23.2 Å². The van der Waals surface area contributed by atoms with Gasteiger partial charge < -0.3 is 14.9 Å². The molecule has 0 bridgehead atoms. The Labute approximate surface area is 155 Å². The maximum absolute atomic E-state index is 11.0. The summed E-state index contributed by atoms with van der Waals surface area (Å²) < 4.78 is 4.55. The first-order valence-electron chi connectivity index (χ1n) is 9.27. The van der Waals surface area contributed by atoms with Gasteiger partial charge in [-0.25, -0.2) is 4.79 Å². The smallest absolute Gasteiger partial charge is 0.330 e. The van der Waals surface area contributed by atoms with E-state index in [1.165, 1.54) is 13.2 Å². The average molecular weight is 369 g/mol. The van der Waals surface area contributed by atoms with Crippen LogP contribution in [0.3, 0.4) is 0 Å². The number of esters is 1. The highest BCUT2D eigenvalue weighted by molar-refractivity contribution is 6.21. The van der Waals surface area contributed by atoms with Crippen LogP contribution in [-0.4, -0.2) is 40.4 Å². The average Bonchev–Trinajstić information content (AvgIpc) is 3.12. The van der Waals surface area contributed by atoms with E-state index >= 15 is 0 Å². The van der Waals surface area contributed by atoms with Gasteiger partial charge in [-0.05, 0) is 57.3 Å². The van der Waals surface area contributed by atoms with E-state index in [9.17, 15) is 15.0 Å². The van der Waals surface area contributed by atoms with Crippen molar-refractivity contribution in [3.8, 4) is 11.8 Å². The summed E-state index contributed by atoms with van der Waals surface area (Å²) in [4.78, 5) is 11.0. The van der Waals surface area contributed by atoms with Gasteiger partial charge in [-0.2, -0.15) is 0 Å². The summed E-state index contributed by atoms with van der Waals surface area (Å²) in [5.74, 6) is 5.86. The first-order valence-corrected chi connectivity index (χ1v) is 9.70. The second-order valence-electron chi connectivity index (χ2n) is 7.23. The van der Waals surface area contributed by atoms with Crippen LogP contribution in [0.2, 0.25) is 0 Å². The van der Waals surface area contributed by atoms with Gasteiger partial charge in [0.05, 0.1) is 19.1 Å². The van der Waals surface area contributed by atoms with E-state index < -0.39 is 11.7 Å². The van der Waals surface area contributed by atoms with Crippen molar-refractivity contribution in [3.05, 3.63) is 12.2 Å². The molecule has 0 heterocycles. The zero-order valence-corrected chi connectivity index (χ0v) is 15.7. The molecule has 2 N–H and O–H groups in total. The Morgan fingerprint density at radius 3 is 2.76 bits per heavy atom. The molecule has 0 aromatic heterocycles. The number of hydrogen-bond acceptors (Lipinski definition) is 4. The van der Waals surface area contributed by atoms with Gasteiger partial charge in [-0.1, -0.05) is 24.3 Å². The molecule has 2 aliphatic rings. The van der Waals surface area contributed by atoms with Gasteiger partial charge in [0.25, 0.3) is 0 Å². The molecule has 140 valence electrons.